The second-order valence-electron chi connectivity index (χ2n) is 6.74. The summed E-state index contributed by atoms with van der Waals surface area (Å²) >= 11 is 0. The minimum absolute atomic E-state index is 0.136. The van der Waals surface area contributed by atoms with Gasteiger partial charge in [0.1, 0.15) is 0 Å². The van der Waals surface area contributed by atoms with Crippen molar-refractivity contribution >= 4 is 21.7 Å². The molecule has 7 heteroatoms. The molecule has 138 valence electrons. The van der Waals surface area contributed by atoms with Gasteiger partial charge in [-0.3, -0.25) is 0 Å². The topological polar surface area (TPSA) is 89.2 Å². The predicted octanol–water partition coefficient (Wildman–Crippen LogP) is 3.16. The molecule has 4 rings (SSSR count). The predicted molar refractivity (Wildman–Crippen MR) is 104 cm³/mol. The number of nitrogens with zero attached hydrogens (tertiary/aromatic N) is 3. The summed E-state index contributed by atoms with van der Waals surface area (Å²) < 4.78 is 22.8. The number of benzene rings is 2. The molecule has 2 aromatic carbocycles. The maximum atomic E-state index is 11.4. The van der Waals surface area contributed by atoms with E-state index in [-0.39, 0.29) is 4.90 Å². The zero-order chi connectivity index (χ0) is 19.0. The third-order valence-corrected chi connectivity index (χ3v) is 5.84. The number of rotatable bonds is 5. The summed E-state index contributed by atoms with van der Waals surface area (Å²) in [7, 11) is -1.71. The number of hydrogen-bond acceptors (Lipinski definition) is 5. The van der Waals surface area contributed by atoms with E-state index >= 15 is 0 Å². The highest BCUT2D eigenvalue weighted by Crippen LogP contribution is 2.54. The van der Waals surface area contributed by atoms with Crippen LogP contribution in [0.15, 0.2) is 71.8 Å². The molecule has 27 heavy (non-hydrogen) atoms. The molecule has 1 heterocycles. The molecule has 1 aliphatic rings. The summed E-state index contributed by atoms with van der Waals surface area (Å²) in [6.07, 6.45) is 2.77. The fourth-order valence-electron chi connectivity index (χ4n) is 3.29. The average molecular weight is 380 g/mol. The van der Waals surface area contributed by atoms with E-state index in [1.165, 1.54) is 0 Å². The van der Waals surface area contributed by atoms with E-state index in [2.05, 4.69) is 4.98 Å². The minimum atomic E-state index is -3.66. The van der Waals surface area contributed by atoms with Gasteiger partial charge in [0.2, 0.25) is 16.0 Å². The van der Waals surface area contributed by atoms with E-state index < -0.39 is 10.0 Å². The highest BCUT2D eigenvalue weighted by atomic mass is 32.2. The number of anilines is 2. The minimum Gasteiger partial charge on any atom is -0.314 e. The van der Waals surface area contributed by atoms with Crippen LogP contribution in [0.5, 0.6) is 0 Å². The summed E-state index contributed by atoms with van der Waals surface area (Å²) in [6, 6.07) is 18.7. The van der Waals surface area contributed by atoms with Crippen LogP contribution in [0.4, 0.5) is 11.6 Å². The van der Waals surface area contributed by atoms with Gasteiger partial charge in [-0.1, -0.05) is 30.3 Å². The van der Waals surface area contributed by atoms with Crippen LogP contribution in [0, 0.1) is 0 Å². The fourth-order valence-corrected chi connectivity index (χ4v) is 3.81. The van der Waals surface area contributed by atoms with Gasteiger partial charge in [-0.2, -0.15) is 0 Å². The van der Waals surface area contributed by atoms with E-state index in [0.717, 1.165) is 23.4 Å². The smallest absolute Gasteiger partial charge is 0.238 e. The third kappa shape index (κ3) is 3.70. The first-order chi connectivity index (χ1) is 12.9. The van der Waals surface area contributed by atoms with Crippen molar-refractivity contribution in [1.29, 1.82) is 0 Å². The SMILES string of the molecule is CN(c1ccccc1)c1nccc([C@@H]2C[C@H]2c2ccc(S(N)(=O)=O)cc2)n1. The standard InChI is InChI=1S/C20H20N4O2S/c1-24(15-5-3-2-4-6-15)20-22-12-11-19(23-20)18-13-17(18)14-7-9-16(10-8-14)27(21,25)26/h2-12,17-18H,13H2,1H3,(H2,21,25,26)/t17-,18+/m0/s1. The van der Waals surface area contributed by atoms with Crippen molar-refractivity contribution in [2.24, 2.45) is 5.14 Å². The van der Waals surface area contributed by atoms with Gasteiger partial charge >= 0.3 is 0 Å². The molecule has 0 spiro atoms. The molecule has 0 unspecified atom stereocenters. The Kier molecular flexibility index (Phi) is 4.41. The van der Waals surface area contributed by atoms with Crippen molar-refractivity contribution in [2.75, 3.05) is 11.9 Å². The lowest BCUT2D eigenvalue weighted by molar-refractivity contribution is 0.598. The quantitative estimate of drug-likeness (QED) is 0.734. The molecule has 1 saturated carbocycles. The summed E-state index contributed by atoms with van der Waals surface area (Å²) in [5, 5.41) is 5.16. The number of nitrogens with two attached hydrogens (primary N) is 1. The Balaban J connectivity index is 1.53. The third-order valence-electron chi connectivity index (χ3n) is 4.92. The second-order valence-corrected chi connectivity index (χ2v) is 8.30. The molecule has 1 fully saturated rings. The van der Waals surface area contributed by atoms with E-state index in [4.69, 9.17) is 10.1 Å². The Morgan fingerprint density at radius 2 is 1.70 bits per heavy atom. The molecule has 0 bridgehead atoms. The van der Waals surface area contributed by atoms with Gasteiger partial charge in [-0.05, 0) is 48.2 Å². The Bertz CT molecular complexity index is 1050. The zero-order valence-electron chi connectivity index (χ0n) is 14.9. The van der Waals surface area contributed by atoms with Gasteiger partial charge in [-0.15, -0.1) is 0 Å². The number of para-hydroxylation sites is 1. The van der Waals surface area contributed by atoms with Crippen molar-refractivity contribution in [1.82, 2.24) is 9.97 Å². The molecule has 6 nitrogen and oxygen atoms in total. The maximum absolute atomic E-state index is 11.4. The normalized spacial score (nSPS) is 18.9. The van der Waals surface area contributed by atoms with Crippen LogP contribution in [0.25, 0.3) is 0 Å². The summed E-state index contributed by atoms with van der Waals surface area (Å²) in [5.74, 6) is 1.31. The van der Waals surface area contributed by atoms with Crippen LogP contribution in [0.1, 0.15) is 29.5 Å². The highest BCUT2D eigenvalue weighted by molar-refractivity contribution is 7.89. The van der Waals surface area contributed by atoms with Crippen molar-refractivity contribution in [3.05, 3.63) is 78.1 Å². The maximum Gasteiger partial charge on any atom is 0.238 e. The Morgan fingerprint density at radius 1 is 1.00 bits per heavy atom. The van der Waals surface area contributed by atoms with Crippen molar-refractivity contribution in [2.45, 2.75) is 23.2 Å². The van der Waals surface area contributed by atoms with Gasteiger partial charge in [0.25, 0.3) is 0 Å². The van der Waals surface area contributed by atoms with E-state index in [1.807, 2.05) is 60.5 Å². The van der Waals surface area contributed by atoms with Crippen LogP contribution >= 0.6 is 0 Å². The van der Waals surface area contributed by atoms with Crippen LogP contribution < -0.4 is 10.0 Å². The Morgan fingerprint density at radius 3 is 2.37 bits per heavy atom. The highest BCUT2D eigenvalue weighted by Gasteiger charge is 2.40. The summed E-state index contributed by atoms with van der Waals surface area (Å²) in [4.78, 5) is 11.2. The average Bonchev–Trinajstić information content (AvgIpc) is 3.49. The molecule has 1 aliphatic carbocycles. The van der Waals surface area contributed by atoms with E-state index in [0.29, 0.717) is 17.8 Å². The monoisotopic (exact) mass is 380 g/mol. The van der Waals surface area contributed by atoms with Crippen molar-refractivity contribution < 1.29 is 8.42 Å². The van der Waals surface area contributed by atoms with Gasteiger partial charge in [-0.25, -0.2) is 23.5 Å². The number of aromatic nitrogens is 2. The van der Waals surface area contributed by atoms with Crippen LogP contribution in [-0.2, 0) is 10.0 Å². The molecule has 3 aromatic rings. The fraction of sp³-hybridized carbons (Fsp3) is 0.200. The second kappa shape index (κ2) is 6.75. The summed E-state index contributed by atoms with van der Waals surface area (Å²) in [5.41, 5.74) is 3.13. The molecule has 0 amide bonds. The molecule has 2 N–H and O–H groups in total. The Hall–Kier alpha value is -2.77. The summed E-state index contributed by atoms with van der Waals surface area (Å²) in [6.45, 7) is 0. The lowest BCUT2D eigenvalue weighted by Crippen LogP contribution is -2.13. The molecule has 0 saturated heterocycles. The molecule has 0 radical (unpaired) electrons. The van der Waals surface area contributed by atoms with E-state index in [9.17, 15) is 8.42 Å². The zero-order valence-corrected chi connectivity index (χ0v) is 15.7. The molecule has 0 aliphatic heterocycles. The van der Waals surface area contributed by atoms with Gasteiger partial charge in [0.15, 0.2) is 0 Å². The van der Waals surface area contributed by atoms with Crippen molar-refractivity contribution in [3.63, 3.8) is 0 Å². The first-order valence-electron chi connectivity index (χ1n) is 8.68. The molecular formula is C20H20N4O2S. The van der Waals surface area contributed by atoms with Crippen LogP contribution in [0.2, 0.25) is 0 Å². The number of primary sulfonamides is 1. The molecular weight excluding hydrogens is 360 g/mol. The van der Waals surface area contributed by atoms with Crippen LogP contribution in [0.3, 0.4) is 0 Å². The first-order valence-corrected chi connectivity index (χ1v) is 10.2. The largest absolute Gasteiger partial charge is 0.314 e. The molecule has 1 aromatic heterocycles. The van der Waals surface area contributed by atoms with Gasteiger partial charge < -0.3 is 4.90 Å². The lowest BCUT2D eigenvalue weighted by Gasteiger charge is -2.17. The number of hydrogen-bond donors (Lipinski definition) is 1. The Labute approximate surface area is 158 Å². The van der Waals surface area contributed by atoms with Gasteiger partial charge in [0, 0.05) is 30.5 Å². The molecule has 2 atom stereocenters. The van der Waals surface area contributed by atoms with Crippen molar-refractivity contribution in [3.8, 4) is 0 Å². The first kappa shape index (κ1) is 17.6. The number of sulfonamides is 1. The van der Waals surface area contributed by atoms with Crippen LogP contribution in [-0.4, -0.2) is 25.4 Å². The van der Waals surface area contributed by atoms with E-state index in [1.54, 1.807) is 18.3 Å². The van der Waals surface area contributed by atoms with Gasteiger partial charge in [0.05, 0.1) is 4.90 Å². The lowest BCUT2D eigenvalue weighted by atomic mass is 10.1.